The molecule has 20 heavy (non-hydrogen) atoms. The third-order valence-electron chi connectivity index (χ3n) is 3.28. The van der Waals surface area contributed by atoms with Crippen LogP contribution in [0.2, 0.25) is 0 Å². The molecule has 1 fully saturated rings. The zero-order valence-corrected chi connectivity index (χ0v) is 11.6. The molecule has 1 aromatic rings. The molecule has 1 heterocycles. The van der Waals surface area contributed by atoms with Crippen LogP contribution in [0.15, 0.2) is 24.3 Å². The second-order valence-corrected chi connectivity index (χ2v) is 4.91. The molecule has 1 aliphatic heterocycles. The second kappa shape index (κ2) is 7.87. The lowest BCUT2D eigenvalue weighted by Crippen LogP contribution is -2.26. The highest BCUT2D eigenvalue weighted by molar-refractivity contribution is 5.98. The van der Waals surface area contributed by atoms with Gasteiger partial charge in [-0.2, -0.15) is 0 Å². The minimum absolute atomic E-state index is 0.137. The maximum absolute atomic E-state index is 11.9. The van der Waals surface area contributed by atoms with Crippen LogP contribution in [0.4, 0.5) is 5.69 Å². The van der Waals surface area contributed by atoms with Gasteiger partial charge in [0.15, 0.2) is 0 Å². The van der Waals surface area contributed by atoms with E-state index in [0.717, 1.165) is 25.9 Å². The number of para-hydroxylation sites is 1. The molecule has 1 atom stereocenters. The molecular formula is C15H22N2O3. The highest BCUT2D eigenvalue weighted by Gasteiger charge is 2.15. The van der Waals surface area contributed by atoms with Gasteiger partial charge in [0.05, 0.1) is 18.3 Å². The number of nitrogens with two attached hydrogens (primary N) is 1. The molecular weight excluding hydrogens is 256 g/mol. The van der Waals surface area contributed by atoms with Gasteiger partial charge < -0.3 is 20.5 Å². The van der Waals surface area contributed by atoms with Crippen LogP contribution in [0.25, 0.3) is 0 Å². The first kappa shape index (κ1) is 14.8. The molecule has 0 radical (unpaired) electrons. The van der Waals surface area contributed by atoms with E-state index in [9.17, 15) is 4.79 Å². The van der Waals surface area contributed by atoms with Crippen molar-refractivity contribution in [2.45, 2.75) is 25.4 Å². The minimum Gasteiger partial charge on any atom is -0.398 e. The summed E-state index contributed by atoms with van der Waals surface area (Å²) >= 11 is 0. The molecule has 0 aromatic heterocycles. The fourth-order valence-corrected chi connectivity index (χ4v) is 2.17. The van der Waals surface area contributed by atoms with E-state index in [-0.39, 0.29) is 12.0 Å². The Labute approximate surface area is 119 Å². The summed E-state index contributed by atoms with van der Waals surface area (Å²) in [6, 6.07) is 7.05. The van der Waals surface area contributed by atoms with Gasteiger partial charge in [0.2, 0.25) is 0 Å². The van der Waals surface area contributed by atoms with Gasteiger partial charge in [-0.25, -0.2) is 0 Å². The highest BCUT2D eigenvalue weighted by atomic mass is 16.5. The van der Waals surface area contributed by atoms with Crippen molar-refractivity contribution in [3.05, 3.63) is 29.8 Å². The van der Waals surface area contributed by atoms with Crippen LogP contribution < -0.4 is 11.1 Å². The van der Waals surface area contributed by atoms with E-state index in [0.29, 0.717) is 31.0 Å². The van der Waals surface area contributed by atoms with E-state index < -0.39 is 0 Å². The molecule has 110 valence electrons. The standard InChI is InChI=1S/C15H22N2O3/c16-14-7-2-1-6-13(14)15(18)17-8-4-9-19-11-12-5-3-10-20-12/h1-2,6-7,12H,3-5,8-11,16H2,(H,17,18). The number of amides is 1. The number of nitrogens with one attached hydrogen (secondary N) is 1. The Balaban J connectivity index is 1.56. The molecule has 5 nitrogen and oxygen atoms in total. The van der Waals surface area contributed by atoms with Crippen LogP contribution in [0, 0.1) is 0 Å². The van der Waals surface area contributed by atoms with Crippen LogP contribution in [0.3, 0.4) is 0 Å². The summed E-state index contributed by atoms with van der Waals surface area (Å²) < 4.78 is 11.0. The summed E-state index contributed by atoms with van der Waals surface area (Å²) in [4.78, 5) is 11.9. The maximum Gasteiger partial charge on any atom is 0.253 e. The fraction of sp³-hybridized carbons (Fsp3) is 0.533. The molecule has 1 aromatic carbocycles. The average Bonchev–Trinajstić information content (AvgIpc) is 2.96. The molecule has 1 amide bonds. The predicted octanol–water partition coefficient (Wildman–Crippen LogP) is 1.58. The minimum atomic E-state index is -0.137. The van der Waals surface area contributed by atoms with Crippen molar-refractivity contribution >= 4 is 11.6 Å². The quantitative estimate of drug-likeness (QED) is 0.586. The Morgan fingerprint density at radius 3 is 3.05 bits per heavy atom. The number of nitrogen functional groups attached to an aromatic ring is 1. The lowest BCUT2D eigenvalue weighted by atomic mass is 10.1. The van der Waals surface area contributed by atoms with Crippen molar-refractivity contribution in [1.82, 2.24) is 5.32 Å². The topological polar surface area (TPSA) is 73.6 Å². The number of carbonyl (C=O) groups is 1. The summed E-state index contributed by atoms with van der Waals surface area (Å²) in [7, 11) is 0. The molecule has 5 heteroatoms. The largest absolute Gasteiger partial charge is 0.398 e. The average molecular weight is 278 g/mol. The normalized spacial score (nSPS) is 18.1. The first-order chi connectivity index (χ1) is 9.77. The van der Waals surface area contributed by atoms with Crippen LogP contribution in [0.1, 0.15) is 29.6 Å². The first-order valence-electron chi connectivity index (χ1n) is 7.09. The molecule has 2 rings (SSSR count). The number of benzene rings is 1. The lowest BCUT2D eigenvalue weighted by molar-refractivity contribution is 0.0166. The maximum atomic E-state index is 11.9. The molecule has 3 N–H and O–H groups in total. The number of ether oxygens (including phenoxy) is 2. The number of carbonyl (C=O) groups excluding carboxylic acids is 1. The van der Waals surface area contributed by atoms with Crippen LogP contribution in [-0.2, 0) is 9.47 Å². The number of anilines is 1. The molecule has 1 aliphatic rings. The SMILES string of the molecule is Nc1ccccc1C(=O)NCCCOCC1CCCO1. The van der Waals surface area contributed by atoms with Gasteiger partial charge in [-0.05, 0) is 31.4 Å². The Morgan fingerprint density at radius 1 is 1.45 bits per heavy atom. The van der Waals surface area contributed by atoms with Crippen molar-refractivity contribution in [1.29, 1.82) is 0 Å². The van der Waals surface area contributed by atoms with Crippen molar-refractivity contribution in [3.63, 3.8) is 0 Å². The van der Waals surface area contributed by atoms with Gasteiger partial charge in [-0.15, -0.1) is 0 Å². The van der Waals surface area contributed by atoms with Gasteiger partial charge in [0, 0.05) is 25.4 Å². The third kappa shape index (κ3) is 4.51. The first-order valence-corrected chi connectivity index (χ1v) is 7.09. The highest BCUT2D eigenvalue weighted by Crippen LogP contribution is 2.12. The molecule has 0 bridgehead atoms. The molecule has 0 spiro atoms. The Kier molecular flexibility index (Phi) is 5.83. The van der Waals surface area contributed by atoms with Crippen molar-refractivity contribution < 1.29 is 14.3 Å². The van der Waals surface area contributed by atoms with E-state index >= 15 is 0 Å². The van der Waals surface area contributed by atoms with Crippen molar-refractivity contribution in [2.24, 2.45) is 0 Å². The van der Waals surface area contributed by atoms with Crippen LogP contribution in [0.5, 0.6) is 0 Å². The van der Waals surface area contributed by atoms with Gasteiger partial charge >= 0.3 is 0 Å². The Hall–Kier alpha value is -1.59. The van der Waals surface area contributed by atoms with Gasteiger partial charge in [-0.1, -0.05) is 12.1 Å². The molecule has 0 aliphatic carbocycles. The van der Waals surface area contributed by atoms with E-state index in [4.69, 9.17) is 15.2 Å². The lowest BCUT2D eigenvalue weighted by Gasteiger charge is -2.10. The zero-order chi connectivity index (χ0) is 14.2. The van der Waals surface area contributed by atoms with E-state index in [1.807, 2.05) is 6.07 Å². The summed E-state index contributed by atoms with van der Waals surface area (Å²) in [5.41, 5.74) is 6.76. The molecule has 0 saturated carbocycles. The van der Waals surface area contributed by atoms with E-state index in [1.165, 1.54) is 0 Å². The van der Waals surface area contributed by atoms with Crippen molar-refractivity contribution in [3.8, 4) is 0 Å². The van der Waals surface area contributed by atoms with Gasteiger partial charge in [-0.3, -0.25) is 4.79 Å². The molecule has 1 saturated heterocycles. The van der Waals surface area contributed by atoms with Crippen LogP contribution >= 0.6 is 0 Å². The fourth-order valence-electron chi connectivity index (χ4n) is 2.17. The van der Waals surface area contributed by atoms with Gasteiger partial charge in [0.1, 0.15) is 0 Å². The third-order valence-corrected chi connectivity index (χ3v) is 3.28. The predicted molar refractivity (Wildman–Crippen MR) is 77.6 cm³/mol. The summed E-state index contributed by atoms with van der Waals surface area (Å²) in [6.07, 6.45) is 3.26. The summed E-state index contributed by atoms with van der Waals surface area (Å²) in [5.74, 6) is -0.137. The Morgan fingerprint density at radius 2 is 2.30 bits per heavy atom. The van der Waals surface area contributed by atoms with Crippen molar-refractivity contribution in [2.75, 3.05) is 32.1 Å². The second-order valence-electron chi connectivity index (χ2n) is 4.91. The van der Waals surface area contributed by atoms with Gasteiger partial charge in [0.25, 0.3) is 5.91 Å². The molecule has 1 unspecified atom stereocenters. The monoisotopic (exact) mass is 278 g/mol. The van der Waals surface area contributed by atoms with Crippen LogP contribution in [-0.4, -0.2) is 38.4 Å². The van der Waals surface area contributed by atoms with E-state index in [2.05, 4.69) is 5.32 Å². The zero-order valence-electron chi connectivity index (χ0n) is 11.6. The number of hydrogen-bond donors (Lipinski definition) is 2. The number of hydrogen-bond acceptors (Lipinski definition) is 4. The Bertz CT molecular complexity index is 431. The summed E-state index contributed by atoms with van der Waals surface area (Å²) in [6.45, 7) is 2.71. The summed E-state index contributed by atoms with van der Waals surface area (Å²) in [5, 5.41) is 2.84. The smallest absolute Gasteiger partial charge is 0.253 e. The number of rotatable bonds is 7. The van der Waals surface area contributed by atoms with E-state index in [1.54, 1.807) is 18.2 Å².